The predicted octanol–water partition coefficient (Wildman–Crippen LogP) is 2.44. The highest BCUT2D eigenvalue weighted by Crippen LogP contribution is 2.14. The van der Waals surface area contributed by atoms with Crippen molar-refractivity contribution in [2.75, 3.05) is 17.0 Å². The van der Waals surface area contributed by atoms with Gasteiger partial charge in [-0.15, -0.1) is 0 Å². The molecule has 0 atom stereocenters. The number of halogens is 2. The van der Waals surface area contributed by atoms with Gasteiger partial charge < -0.3 is 5.32 Å². The highest BCUT2D eigenvalue weighted by Gasteiger charge is 2.13. The van der Waals surface area contributed by atoms with Crippen LogP contribution in [0.5, 0.6) is 0 Å². The van der Waals surface area contributed by atoms with Crippen LogP contribution in [-0.4, -0.2) is 26.6 Å². The first-order chi connectivity index (χ1) is 11.3. The number of carbonyl (C=O) groups is 1. The standard InChI is InChI=1S/C16H16F2N2O3S/c1-11-5-6-14(10-15(11)18)20-24(22,23)8-7-19-16(21)12-3-2-4-13(17)9-12/h2-6,9-10,20H,7-8H2,1H3,(H,19,21). The van der Waals surface area contributed by atoms with Crippen LogP contribution in [0, 0.1) is 18.6 Å². The van der Waals surface area contributed by atoms with Gasteiger partial charge in [0.25, 0.3) is 5.91 Å². The van der Waals surface area contributed by atoms with E-state index in [4.69, 9.17) is 0 Å². The minimum Gasteiger partial charge on any atom is -0.351 e. The normalized spacial score (nSPS) is 11.1. The number of hydrogen-bond donors (Lipinski definition) is 2. The third kappa shape index (κ3) is 5.02. The van der Waals surface area contributed by atoms with E-state index in [2.05, 4.69) is 10.0 Å². The lowest BCUT2D eigenvalue weighted by Crippen LogP contribution is -2.31. The van der Waals surface area contributed by atoms with Gasteiger partial charge in [-0.25, -0.2) is 17.2 Å². The molecule has 8 heteroatoms. The van der Waals surface area contributed by atoms with E-state index in [1.165, 1.54) is 30.3 Å². The lowest BCUT2D eigenvalue weighted by molar-refractivity contribution is 0.0955. The Balaban J connectivity index is 1.90. The van der Waals surface area contributed by atoms with Crippen molar-refractivity contribution >= 4 is 21.6 Å². The Morgan fingerprint density at radius 3 is 2.54 bits per heavy atom. The largest absolute Gasteiger partial charge is 0.351 e. The monoisotopic (exact) mass is 354 g/mol. The second-order valence-electron chi connectivity index (χ2n) is 5.15. The molecule has 2 N–H and O–H groups in total. The number of benzene rings is 2. The molecule has 24 heavy (non-hydrogen) atoms. The molecule has 0 aliphatic rings. The summed E-state index contributed by atoms with van der Waals surface area (Å²) in [6.45, 7) is 1.40. The first-order valence-corrected chi connectivity index (χ1v) is 8.72. The van der Waals surface area contributed by atoms with Crippen LogP contribution in [0.2, 0.25) is 0 Å². The smallest absolute Gasteiger partial charge is 0.251 e. The van der Waals surface area contributed by atoms with Crippen molar-refractivity contribution < 1.29 is 22.0 Å². The fourth-order valence-electron chi connectivity index (χ4n) is 1.92. The summed E-state index contributed by atoms with van der Waals surface area (Å²) in [5.41, 5.74) is 0.607. The Morgan fingerprint density at radius 2 is 1.88 bits per heavy atom. The fourth-order valence-corrected chi connectivity index (χ4v) is 2.88. The molecule has 2 rings (SSSR count). The molecule has 2 aromatic rings. The highest BCUT2D eigenvalue weighted by molar-refractivity contribution is 7.92. The first-order valence-electron chi connectivity index (χ1n) is 7.07. The Bertz CT molecular complexity index is 854. The molecule has 0 spiro atoms. The van der Waals surface area contributed by atoms with Crippen LogP contribution in [0.25, 0.3) is 0 Å². The maximum absolute atomic E-state index is 13.4. The average Bonchev–Trinajstić information content (AvgIpc) is 2.50. The van der Waals surface area contributed by atoms with E-state index >= 15 is 0 Å². The molecule has 5 nitrogen and oxygen atoms in total. The molecule has 0 heterocycles. The zero-order valence-corrected chi connectivity index (χ0v) is 13.7. The van der Waals surface area contributed by atoms with Gasteiger partial charge in [-0.1, -0.05) is 12.1 Å². The van der Waals surface area contributed by atoms with Crippen molar-refractivity contribution in [2.24, 2.45) is 0 Å². The summed E-state index contributed by atoms with van der Waals surface area (Å²) in [6.07, 6.45) is 0. The number of aryl methyl sites for hydroxylation is 1. The maximum atomic E-state index is 13.4. The van der Waals surface area contributed by atoms with E-state index in [-0.39, 0.29) is 17.8 Å². The zero-order valence-electron chi connectivity index (χ0n) is 12.8. The number of nitrogens with one attached hydrogen (secondary N) is 2. The van der Waals surface area contributed by atoms with Crippen molar-refractivity contribution in [3.05, 3.63) is 65.2 Å². The summed E-state index contributed by atoms with van der Waals surface area (Å²) in [6, 6.07) is 9.04. The Labute approximate surface area is 138 Å². The van der Waals surface area contributed by atoms with Gasteiger partial charge in [0.2, 0.25) is 10.0 Å². The number of sulfonamides is 1. The molecular formula is C16H16F2N2O3S. The van der Waals surface area contributed by atoms with Crippen molar-refractivity contribution in [3.63, 3.8) is 0 Å². The molecule has 2 aromatic carbocycles. The van der Waals surface area contributed by atoms with Crippen molar-refractivity contribution in [2.45, 2.75) is 6.92 Å². The molecule has 0 bridgehead atoms. The van der Waals surface area contributed by atoms with E-state index in [0.29, 0.717) is 5.56 Å². The number of hydrogen-bond acceptors (Lipinski definition) is 3. The SMILES string of the molecule is Cc1ccc(NS(=O)(=O)CCNC(=O)c2cccc(F)c2)cc1F. The van der Waals surface area contributed by atoms with E-state index in [9.17, 15) is 22.0 Å². The molecule has 0 aliphatic carbocycles. The molecule has 0 aliphatic heterocycles. The second-order valence-corrected chi connectivity index (χ2v) is 6.99. The Morgan fingerprint density at radius 1 is 1.12 bits per heavy atom. The minimum atomic E-state index is -3.76. The minimum absolute atomic E-state index is 0.0981. The van der Waals surface area contributed by atoms with Crippen LogP contribution in [0.4, 0.5) is 14.5 Å². The molecule has 0 saturated heterocycles. The molecule has 128 valence electrons. The number of rotatable bonds is 6. The van der Waals surface area contributed by atoms with Crippen molar-refractivity contribution in [1.29, 1.82) is 0 Å². The summed E-state index contributed by atoms with van der Waals surface area (Å²) >= 11 is 0. The van der Waals surface area contributed by atoms with E-state index in [0.717, 1.165) is 12.1 Å². The van der Waals surface area contributed by atoms with Gasteiger partial charge >= 0.3 is 0 Å². The lowest BCUT2D eigenvalue weighted by atomic mass is 10.2. The van der Waals surface area contributed by atoms with E-state index < -0.39 is 33.3 Å². The maximum Gasteiger partial charge on any atom is 0.251 e. The van der Waals surface area contributed by atoms with Crippen molar-refractivity contribution in [1.82, 2.24) is 5.32 Å². The summed E-state index contributed by atoms with van der Waals surface area (Å²) in [7, 11) is -3.76. The van der Waals surface area contributed by atoms with Gasteiger partial charge in [0.15, 0.2) is 0 Å². The molecule has 0 radical (unpaired) electrons. The summed E-state index contributed by atoms with van der Waals surface area (Å²) < 4.78 is 52.5. The summed E-state index contributed by atoms with van der Waals surface area (Å²) in [5, 5.41) is 2.39. The topological polar surface area (TPSA) is 75.3 Å². The van der Waals surface area contributed by atoms with Gasteiger partial charge in [0.1, 0.15) is 11.6 Å². The van der Waals surface area contributed by atoms with Crippen LogP contribution in [0.15, 0.2) is 42.5 Å². The molecule has 0 saturated carbocycles. The molecule has 0 aromatic heterocycles. The average molecular weight is 354 g/mol. The van der Waals surface area contributed by atoms with E-state index in [1.807, 2.05) is 0 Å². The van der Waals surface area contributed by atoms with Gasteiger partial charge in [-0.05, 0) is 42.8 Å². The summed E-state index contributed by atoms with van der Waals surface area (Å²) in [4.78, 5) is 11.8. The van der Waals surface area contributed by atoms with Crippen LogP contribution in [-0.2, 0) is 10.0 Å². The molecule has 0 unspecified atom stereocenters. The molecular weight excluding hydrogens is 338 g/mol. The van der Waals surface area contributed by atoms with Gasteiger partial charge in [0, 0.05) is 12.1 Å². The molecule has 0 fully saturated rings. The van der Waals surface area contributed by atoms with E-state index in [1.54, 1.807) is 6.92 Å². The van der Waals surface area contributed by atoms with Gasteiger partial charge in [0.05, 0.1) is 11.4 Å². The Hall–Kier alpha value is -2.48. The van der Waals surface area contributed by atoms with Crippen LogP contribution in [0.1, 0.15) is 15.9 Å². The molecule has 1 amide bonds. The highest BCUT2D eigenvalue weighted by atomic mass is 32.2. The van der Waals surface area contributed by atoms with Crippen LogP contribution >= 0.6 is 0 Å². The fraction of sp³-hybridized carbons (Fsp3) is 0.188. The zero-order chi connectivity index (χ0) is 17.7. The third-order valence-corrected chi connectivity index (χ3v) is 4.48. The predicted molar refractivity (Wildman–Crippen MR) is 87.3 cm³/mol. The lowest BCUT2D eigenvalue weighted by Gasteiger charge is -2.10. The second kappa shape index (κ2) is 7.39. The Kier molecular flexibility index (Phi) is 5.50. The number of anilines is 1. The van der Waals surface area contributed by atoms with Crippen LogP contribution < -0.4 is 10.0 Å². The van der Waals surface area contributed by atoms with Gasteiger partial charge in [-0.3, -0.25) is 9.52 Å². The number of amides is 1. The number of carbonyl (C=O) groups excluding carboxylic acids is 1. The quantitative estimate of drug-likeness (QED) is 0.837. The van der Waals surface area contributed by atoms with Crippen molar-refractivity contribution in [3.8, 4) is 0 Å². The van der Waals surface area contributed by atoms with Crippen LogP contribution in [0.3, 0.4) is 0 Å². The third-order valence-electron chi connectivity index (χ3n) is 3.19. The summed E-state index contributed by atoms with van der Waals surface area (Å²) in [5.74, 6) is -2.05. The first kappa shape index (κ1) is 17.9. The van der Waals surface area contributed by atoms with Gasteiger partial charge in [-0.2, -0.15) is 0 Å².